The van der Waals surface area contributed by atoms with E-state index in [1.165, 1.54) is 0 Å². The van der Waals surface area contributed by atoms with E-state index < -0.39 is 0 Å². The van der Waals surface area contributed by atoms with E-state index in [1.54, 1.807) is 26.7 Å². The molecule has 2 aromatic rings. The zero-order valence-corrected chi connectivity index (χ0v) is 9.33. The molecule has 0 saturated carbocycles. The quantitative estimate of drug-likeness (QED) is 0.711. The molecule has 0 atom stereocenters. The van der Waals surface area contributed by atoms with E-state index in [1.807, 2.05) is 35.0 Å². The molecule has 0 aliphatic heterocycles. The Kier molecular flexibility index (Phi) is 3.39. The number of hydrogen-bond donors (Lipinski definition) is 0. The monoisotopic (exact) mass is 216 g/mol. The molecule has 1 heterocycles. The van der Waals surface area contributed by atoms with Gasteiger partial charge in [-0.05, 0) is 17.6 Å². The molecule has 0 spiro atoms. The smallest absolute Gasteiger partial charge is 0.410 e. The highest BCUT2D eigenvalue weighted by Crippen LogP contribution is 2.05. The average Bonchev–Trinajstić information content (AvgIpc) is 2.85. The molecule has 0 fully saturated rings. The highest BCUT2D eigenvalue weighted by Gasteiger charge is 2.17. The van der Waals surface area contributed by atoms with Crippen molar-refractivity contribution in [3.05, 3.63) is 43.0 Å². The van der Waals surface area contributed by atoms with E-state index in [0.717, 1.165) is 11.2 Å². The van der Waals surface area contributed by atoms with Crippen LogP contribution < -0.4 is 5.46 Å². The van der Waals surface area contributed by atoms with Gasteiger partial charge in [-0.3, -0.25) is 0 Å². The molecule has 2 rings (SSSR count). The zero-order chi connectivity index (χ0) is 11.4. The molecule has 1 aromatic carbocycles. The summed E-state index contributed by atoms with van der Waals surface area (Å²) in [7, 11) is 2.92. The molecule has 0 saturated heterocycles. The van der Waals surface area contributed by atoms with Crippen molar-refractivity contribution in [3.63, 3.8) is 0 Å². The summed E-state index contributed by atoms with van der Waals surface area (Å²) in [5.41, 5.74) is 2.02. The molecule has 16 heavy (non-hydrogen) atoms. The average molecular weight is 216 g/mol. The number of rotatable bonds is 4. The standard InChI is InChI=1S/C11H13BN2O2/c1-15-12(16-2)10-4-3-5-11(8-10)14-7-6-13-9-14/h3-9H,1-2H3. The van der Waals surface area contributed by atoms with Gasteiger partial charge in [0.2, 0.25) is 0 Å². The van der Waals surface area contributed by atoms with Crippen molar-refractivity contribution in [3.8, 4) is 5.69 Å². The van der Waals surface area contributed by atoms with Gasteiger partial charge in [0.15, 0.2) is 0 Å². The Morgan fingerprint density at radius 1 is 1.25 bits per heavy atom. The molecule has 1 aromatic heterocycles. The van der Waals surface area contributed by atoms with Crippen LogP contribution >= 0.6 is 0 Å². The van der Waals surface area contributed by atoms with Gasteiger partial charge in [0, 0.05) is 32.3 Å². The van der Waals surface area contributed by atoms with E-state index in [-0.39, 0.29) is 7.12 Å². The van der Waals surface area contributed by atoms with Crippen LogP contribution in [0.25, 0.3) is 5.69 Å². The first-order valence-corrected chi connectivity index (χ1v) is 4.99. The molecule has 0 radical (unpaired) electrons. The van der Waals surface area contributed by atoms with E-state index in [9.17, 15) is 0 Å². The van der Waals surface area contributed by atoms with Crippen molar-refractivity contribution < 1.29 is 9.31 Å². The maximum Gasteiger partial charge on any atom is 0.493 e. The van der Waals surface area contributed by atoms with E-state index in [2.05, 4.69) is 4.98 Å². The van der Waals surface area contributed by atoms with Crippen LogP contribution in [0, 0.1) is 0 Å². The van der Waals surface area contributed by atoms with Gasteiger partial charge in [0.1, 0.15) is 0 Å². The fraction of sp³-hybridized carbons (Fsp3) is 0.182. The number of aromatic nitrogens is 2. The fourth-order valence-electron chi connectivity index (χ4n) is 1.61. The van der Waals surface area contributed by atoms with Crippen LogP contribution in [0.4, 0.5) is 0 Å². The van der Waals surface area contributed by atoms with Gasteiger partial charge in [-0.25, -0.2) is 4.98 Å². The normalized spacial score (nSPS) is 10.4. The third-order valence-electron chi connectivity index (χ3n) is 2.37. The largest absolute Gasteiger partial charge is 0.493 e. The summed E-state index contributed by atoms with van der Waals surface area (Å²) < 4.78 is 12.4. The Morgan fingerprint density at radius 3 is 2.69 bits per heavy atom. The van der Waals surface area contributed by atoms with Crippen molar-refractivity contribution in [2.75, 3.05) is 14.2 Å². The molecule has 82 valence electrons. The summed E-state index contributed by atoms with van der Waals surface area (Å²) >= 11 is 0. The van der Waals surface area contributed by atoms with E-state index in [4.69, 9.17) is 9.31 Å². The molecular weight excluding hydrogens is 203 g/mol. The van der Waals surface area contributed by atoms with Crippen LogP contribution in [-0.2, 0) is 9.31 Å². The summed E-state index contributed by atoms with van der Waals surface area (Å²) in [6, 6.07) is 7.96. The Labute approximate surface area is 95.0 Å². The lowest BCUT2D eigenvalue weighted by atomic mass is 9.79. The maximum atomic E-state index is 5.21. The Hall–Kier alpha value is -1.59. The van der Waals surface area contributed by atoms with E-state index in [0.29, 0.717) is 0 Å². The Bertz CT molecular complexity index is 441. The zero-order valence-electron chi connectivity index (χ0n) is 9.33. The second-order valence-corrected chi connectivity index (χ2v) is 3.37. The highest BCUT2D eigenvalue weighted by atomic mass is 16.6. The molecule has 5 heteroatoms. The molecule has 0 unspecified atom stereocenters. The molecule has 0 aliphatic rings. The van der Waals surface area contributed by atoms with Gasteiger partial charge < -0.3 is 13.9 Å². The lowest BCUT2D eigenvalue weighted by molar-refractivity contribution is 0.292. The Balaban J connectivity index is 2.33. The molecular formula is C11H13BN2O2. The second kappa shape index (κ2) is 4.96. The van der Waals surface area contributed by atoms with Crippen LogP contribution in [0.2, 0.25) is 0 Å². The predicted molar refractivity (Wildman–Crippen MR) is 63.0 cm³/mol. The van der Waals surface area contributed by atoms with Gasteiger partial charge in [0.05, 0.1) is 6.33 Å². The van der Waals surface area contributed by atoms with Gasteiger partial charge >= 0.3 is 7.12 Å². The topological polar surface area (TPSA) is 36.3 Å². The summed E-state index contributed by atoms with van der Waals surface area (Å²) in [5.74, 6) is 0. The molecule has 0 amide bonds. The van der Waals surface area contributed by atoms with Gasteiger partial charge in [-0.2, -0.15) is 0 Å². The predicted octanol–water partition coefficient (Wildman–Crippen LogP) is 0.860. The van der Waals surface area contributed by atoms with Crippen molar-refractivity contribution in [2.45, 2.75) is 0 Å². The van der Waals surface area contributed by atoms with Gasteiger partial charge in [0.25, 0.3) is 0 Å². The van der Waals surface area contributed by atoms with E-state index >= 15 is 0 Å². The van der Waals surface area contributed by atoms with Gasteiger partial charge in [-0.15, -0.1) is 0 Å². The third-order valence-corrected chi connectivity index (χ3v) is 2.37. The number of hydrogen-bond acceptors (Lipinski definition) is 3. The first-order chi connectivity index (χ1) is 7.85. The summed E-state index contributed by atoms with van der Waals surface area (Å²) in [6.07, 6.45) is 5.40. The third kappa shape index (κ3) is 2.15. The SMILES string of the molecule is COB(OC)c1cccc(-n2ccnc2)c1. The van der Waals surface area contributed by atoms with Crippen molar-refractivity contribution in [1.82, 2.24) is 9.55 Å². The minimum absolute atomic E-state index is 0.330. The molecule has 4 nitrogen and oxygen atoms in total. The lowest BCUT2D eigenvalue weighted by Crippen LogP contribution is -2.34. The first kappa shape index (κ1) is 10.9. The Morgan fingerprint density at radius 2 is 2.06 bits per heavy atom. The fourth-order valence-corrected chi connectivity index (χ4v) is 1.61. The number of imidazole rings is 1. The summed E-state index contributed by atoms with van der Waals surface area (Å²) in [4.78, 5) is 4.01. The van der Waals surface area contributed by atoms with Crippen LogP contribution in [0.3, 0.4) is 0 Å². The van der Waals surface area contributed by atoms with Crippen LogP contribution in [0.5, 0.6) is 0 Å². The maximum absolute atomic E-state index is 5.21. The number of nitrogens with zero attached hydrogens (tertiary/aromatic N) is 2. The first-order valence-electron chi connectivity index (χ1n) is 4.99. The van der Waals surface area contributed by atoms with Gasteiger partial charge in [-0.1, -0.05) is 12.1 Å². The second-order valence-electron chi connectivity index (χ2n) is 3.37. The molecule has 0 N–H and O–H groups in total. The van der Waals surface area contributed by atoms with Crippen molar-refractivity contribution in [1.29, 1.82) is 0 Å². The lowest BCUT2D eigenvalue weighted by Gasteiger charge is -2.10. The summed E-state index contributed by atoms with van der Waals surface area (Å²) in [6.45, 7) is 0. The van der Waals surface area contributed by atoms with Crippen molar-refractivity contribution in [2.24, 2.45) is 0 Å². The number of benzene rings is 1. The van der Waals surface area contributed by atoms with Crippen LogP contribution in [0.1, 0.15) is 0 Å². The van der Waals surface area contributed by atoms with Crippen LogP contribution in [-0.4, -0.2) is 30.9 Å². The highest BCUT2D eigenvalue weighted by molar-refractivity contribution is 6.61. The molecule has 0 bridgehead atoms. The minimum atomic E-state index is -0.330. The van der Waals surface area contributed by atoms with Crippen LogP contribution in [0.15, 0.2) is 43.0 Å². The van der Waals surface area contributed by atoms with Crippen molar-refractivity contribution >= 4 is 12.6 Å². The minimum Gasteiger partial charge on any atom is -0.410 e. The summed E-state index contributed by atoms with van der Waals surface area (Å²) in [5, 5.41) is 0. The molecule has 0 aliphatic carbocycles.